The molecule has 0 aliphatic carbocycles. The van der Waals surface area contributed by atoms with Gasteiger partial charge in [0.2, 0.25) is 5.91 Å². The van der Waals surface area contributed by atoms with E-state index < -0.39 is 6.10 Å². The van der Waals surface area contributed by atoms with Crippen LogP contribution >= 0.6 is 0 Å². The standard InChI is InChI=1S/C10H13N3O2/c14-7-5-8(12-6-7)10(15)13-9-3-1-2-4-11-9/h1-4,7-8,12,14H,5-6H2,(H,11,13,15). The minimum absolute atomic E-state index is 0.148. The van der Waals surface area contributed by atoms with Crippen molar-refractivity contribution in [3.05, 3.63) is 24.4 Å². The highest BCUT2D eigenvalue weighted by Gasteiger charge is 2.27. The lowest BCUT2D eigenvalue weighted by Crippen LogP contribution is -2.35. The summed E-state index contributed by atoms with van der Waals surface area (Å²) in [5.41, 5.74) is 0. The Kier molecular flexibility index (Phi) is 2.94. The third kappa shape index (κ3) is 2.51. The van der Waals surface area contributed by atoms with Crippen LogP contribution in [0.1, 0.15) is 6.42 Å². The molecule has 0 bridgehead atoms. The number of aromatic nitrogens is 1. The summed E-state index contributed by atoms with van der Waals surface area (Å²) >= 11 is 0. The number of hydrogen-bond donors (Lipinski definition) is 3. The van der Waals surface area contributed by atoms with E-state index >= 15 is 0 Å². The number of anilines is 1. The molecule has 1 amide bonds. The van der Waals surface area contributed by atoms with Crippen LogP contribution in [0.25, 0.3) is 0 Å². The number of nitrogens with one attached hydrogen (secondary N) is 2. The summed E-state index contributed by atoms with van der Waals surface area (Å²) in [6.45, 7) is 0.473. The monoisotopic (exact) mass is 207 g/mol. The van der Waals surface area contributed by atoms with E-state index in [4.69, 9.17) is 0 Å². The minimum atomic E-state index is -0.426. The van der Waals surface area contributed by atoms with E-state index in [1.54, 1.807) is 24.4 Å². The van der Waals surface area contributed by atoms with Crippen LogP contribution in [0.3, 0.4) is 0 Å². The van der Waals surface area contributed by atoms with Crippen LogP contribution in [0.5, 0.6) is 0 Å². The molecule has 2 heterocycles. The van der Waals surface area contributed by atoms with Gasteiger partial charge in [0.25, 0.3) is 0 Å². The second-order valence-electron chi connectivity index (χ2n) is 3.55. The van der Waals surface area contributed by atoms with Crippen LogP contribution in [0.2, 0.25) is 0 Å². The van der Waals surface area contributed by atoms with E-state index in [1.165, 1.54) is 0 Å². The van der Waals surface area contributed by atoms with Crippen LogP contribution < -0.4 is 10.6 Å². The molecule has 15 heavy (non-hydrogen) atoms. The van der Waals surface area contributed by atoms with Gasteiger partial charge in [-0.15, -0.1) is 0 Å². The summed E-state index contributed by atoms with van der Waals surface area (Å²) in [4.78, 5) is 15.6. The molecule has 2 rings (SSSR count). The Balaban J connectivity index is 1.93. The van der Waals surface area contributed by atoms with Gasteiger partial charge in [-0.3, -0.25) is 4.79 Å². The van der Waals surface area contributed by atoms with Crippen molar-refractivity contribution in [3.63, 3.8) is 0 Å². The molecule has 0 saturated carbocycles. The van der Waals surface area contributed by atoms with Crippen LogP contribution in [0, 0.1) is 0 Å². The highest BCUT2D eigenvalue weighted by atomic mass is 16.3. The number of aliphatic hydroxyl groups is 1. The summed E-state index contributed by atoms with van der Waals surface area (Å²) in [7, 11) is 0. The number of carbonyl (C=O) groups is 1. The molecule has 3 N–H and O–H groups in total. The second-order valence-corrected chi connectivity index (χ2v) is 3.55. The summed E-state index contributed by atoms with van der Waals surface area (Å²) in [5.74, 6) is 0.385. The van der Waals surface area contributed by atoms with E-state index in [0.717, 1.165) is 0 Å². The lowest BCUT2D eigenvalue weighted by atomic mass is 10.2. The maximum atomic E-state index is 11.6. The molecule has 0 spiro atoms. The molecular formula is C10H13N3O2. The number of aliphatic hydroxyl groups excluding tert-OH is 1. The van der Waals surface area contributed by atoms with Gasteiger partial charge in [-0.25, -0.2) is 4.98 Å². The quantitative estimate of drug-likeness (QED) is 0.625. The van der Waals surface area contributed by atoms with E-state index in [2.05, 4.69) is 15.6 Å². The van der Waals surface area contributed by atoms with Gasteiger partial charge in [0.15, 0.2) is 0 Å². The number of nitrogens with zero attached hydrogens (tertiary/aromatic N) is 1. The molecule has 5 nitrogen and oxygen atoms in total. The van der Waals surface area contributed by atoms with Crippen molar-refractivity contribution in [3.8, 4) is 0 Å². The zero-order chi connectivity index (χ0) is 10.7. The van der Waals surface area contributed by atoms with Crippen LogP contribution in [0.15, 0.2) is 24.4 Å². The first kappa shape index (κ1) is 10.1. The number of amides is 1. The third-order valence-electron chi connectivity index (χ3n) is 2.34. The van der Waals surface area contributed by atoms with E-state index in [0.29, 0.717) is 18.8 Å². The number of hydrogen-bond acceptors (Lipinski definition) is 4. The normalized spacial score (nSPS) is 25.1. The first-order chi connectivity index (χ1) is 7.25. The topological polar surface area (TPSA) is 74.2 Å². The lowest BCUT2D eigenvalue weighted by molar-refractivity contribution is -0.117. The van der Waals surface area contributed by atoms with Gasteiger partial charge < -0.3 is 15.7 Å². The average molecular weight is 207 g/mol. The van der Waals surface area contributed by atoms with E-state index in [1.807, 2.05) is 0 Å². The molecule has 1 aromatic heterocycles. The Bertz CT molecular complexity index is 342. The molecule has 2 unspecified atom stereocenters. The molecular weight excluding hydrogens is 194 g/mol. The zero-order valence-electron chi connectivity index (χ0n) is 8.18. The largest absolute Gasteiger partial charge is 0.392 e. The Morgan fingerprint density at radius 3 is 3.07 bits per heavy atom. The average Bonchev–Trinajstić information content (AvgIpc) is 2.66. The Labute approximate surface area is 87.5 Å². The molecule has 0 aromatic carbocycles. The van der Waals surface area contributed by atoms with Gasteiger partial charge in [-0.1, -0.05) is 6.07 Å². The first-order valence-electron chi connectivity index (χ1n) is 4.89. The molecule has 2 atom stereocenters. The number of carbonyl (C=O) groups excluding carboxylic acids is 1. The van der Waals surface area contributed by atoms with Crippen LogP contribution in [-0.2, 0) is 4.79 Å². The van der Waals surface area contributed by atoms with Gasteiger partial charge in [-0.2, -0.15) is 0 Å². The highest BCUT2D eigenvalue weighted by molar-refractivity contribution is 5.94. The lowest BCUT2D eigenvalue weighted by Gasteiger charge is -2.09. The van der Waals surface area contributed by atoms with Gasteiger partial charge in [0, 0.05) is 12.7 Å². The van der Waals surface area contributed by atoms with Crippen molar-refractivity contribution in [2.75, 3.05) is 11.9 Å². The first-order valence-corrected chi connectivity index (χ1v) is 4.89. The second kappa shape index (κ2) is 4.37. The van der Waals surface area contributed by atoms with Crippen LogP contribution in [-0.4, -0.2) is 34.7 Å². The Morgan fingerprint density at radius 2 is 2.47 bits per heavy atom. The predicted octanol–water partition coefficient (Wildman–Crippen LogP) is -0.257. The molecule has 1 aliphatic rings. The molecule has 0 radical (unpaired) electrons. The SMILES string of the molecule is O=C(Nc1ccccn1)C1CC(O)CN1. The molecule has 1 aromatic rings. The number of rotatable bonds is 2. The molecule has 5 heteroatoms. The molecule has 1 fully saturated rings. The summed E-state index contributed by atoms with van der Waals surface area (Å²) in [6.07, 6.45) is 1.65. The van der Waals surface area contributed by atoms with Gasteiger partial charge >= 0.3 is 0 Å². The number of β-amino-alcohol motifs (C(OH)–C–C–N with tert-alkyl or cyclic N) is 1. The number of pyridine rings is 1. The zero-order valence-corrected chi connectivity index (χ0v) is 8.18. The fourth-order valence-corrected chi connectivity index (χ4v) is 1.57. The van der Waals surface area contributed by atoms with Crippen molar-refractivity contribution in [2.24, 2.45) is 0 Å². The molecule has 80 valence electrons. The fraction of sp³-hybridized carbons (Fsp3) is 0.400. The van der Waals surface area contributed by atoms with Crippen molar-refractivity contribution in [2.45, 2.75) is 18.6 Å². The maximum Gasteiger partial charge on any atom is 0.242 e. The summed E-state index contributed by atoms with van der Waals surface area (Å²) in [6, 6.07) is 5.00. The highest BCUT2D eigenvalue weighted by Crippen LogP contribution is 2.09. The van der Waals surface area contributed by atoms with Crippen molar-refractivity contribution in [1.82, 2.24) is 10.3 Å². The third-order valence-corrected chi connectivity index (χ3v) is 2.34. The Morgan fingerprint density at radius 1 is 1.60 bits per heavy atom. The van der Waals surface area contributed by atoms with Gasteiger partial charge in [-0.05, 0) is 18.6 Å². The smallest absolute Gasteiger partial charge is 0.242 e. The van der Waals surface area contributed by atoms with E-state index in [9.17, 15) is 9.90 Å². The minimum Gasteiger partial charge on any atom is -0.392 e. The van der Waals surface area contributed by atoms with Crippen molar-refractivity contribution in [1.29, 1.82) is 0 Å². The maximum absolute atomic E-state index is 11.6. The molecule has 1 aliphatic heterocycles. The van der Waals surface area contributed by atoms with Crippen molar-refractivity contribution >= 4 is 11.7 Å². The van der Waals surface area contributed by atoms with Crippen LogP contribution in [0.4, 0.5) is 5.82 Å². The van der Waals surface area contributed by atoms with Gasteiger partial charge in [0.1, 0.15) is 5.82 Å². The summed E-state index contributed by atoms with van der Waals surface area (Å²) < 4.78 is 0. The van der Waals surface area contributed by atoms with Crippen molar-refractivity contribution < 1.29 is 9.90 Å². The predicted molar refractivity (Wildman–Crippen MR) is 55.3 cm³/mol. The fourth-order valence-electron chi connectivity index (χ4n) is 1.57. The summed E-state index contributed by atoms with van der Waals surface area (Å²) in [5, 5.41) is 14.9. The molecule has 1 saturated heterocycles. The van der Waals surface area contributed by atoms with Gasteiger partial charge in [0.05, 0.1) is 12.1 Å². The van der Waals surface area contributed by atoms with E-state index in [-0.39, 0.29) is 11.9 Å². The Hall–Kier alpha value is -1.46.